The summed E-state index contributed by atoms with van der Waals surface area (Å²) in [4.78, 5) is 10.8. The van der Waals surface area contributed by atoms with Crippen LogP contribution < -0.4 is 4.52 Å². The molecule has 3 atom stereocenters. The van der Waals surface area contributed by atoms with Crippen LogP contribution in [0.5, 0.6) is 5.75 Å². The highest BCUT2D eigenvalue weighted by Crippen LogP contribution is 2.38. The van der Waals surface area contributed by atoms with E-state index < -0.39 is 26.1 Å². The Morgan fingerprint density at radius 2 is 1.94 bits per heavy atom. The molecule has 84 valence electrons. The molecule has 0 aromatic heterocycles. The molecule has 0 bridgehead atoms. The van der Waals surface area contributed by atoms with Crippen LogP contribution >= 0.6 is 8.03 Å². The summed E-state index contributed by atoms with van der Waals surface area (Å²) in [5.41, 5.74) is 0. The van der Waals surface area contributed by atoms with Crippen molar-refractivity contribution in [1.82, 2.24) is 0 Å². The fourth-order valence-corrected chi connectivity index (χ4v) is 2.29. The fraction of sp³-hybridized carbons (Fsp3) is 0.300. The molecule has 1 fully saturated rings. The van der Waals surface area contributed by atoms with Crippen molar-refractivity contribution in [3.63, 3.8) is 0 Å². The van der Waals surface area contributed by atoms with E-state index in [1.807, 2.05) is 6.07 Å². The van der Waals surface area contributed by atoms with E-state index in [2.05, 4.69) is 0 Å². The Bertz CT molecular complexity index is 405. The molecule has 16 heavy (non-hydrogen) atoms. The first kappa shape index (κ1) is 10.9. The minimum Gasteiger partial charge on any atom is -0.422 e. The van der Waals surface area contributed by atoms with Gasteiger partial charge in [-0.1, -0.05) is 18.2 Å². The van der Waals surface area contributed by atoms with Gasteiger partial charge in [0.25, 0.3) is 0 Å². The van der Waals surface area contributed by atoms with E-state index in [4.69, 9.17) is 14.0 Å². The van der Waals surface area contributed by atoms with Gasteiger partial charge >= 0.3 is 20.0 Å². The Labute approximate surface area is 93.2 Å². The summed E-state index contributed by atoms with van der Waals surface area (Å²) in [6, 6.07) is 8.70. The van der Waals surface area contributed by atoms with Gasteiger partial charge < -0.3 is 9.47 Å². The lowest BCUT2D eigenvalue weighted by Gasteiger charge is -1.99. The van der Waals surface area contributed by atoms with Crippen molar-refractivity contribution in [1.29, 1.82) is 0 Å². The molecule has 0 aliphatic carbocycles. The van der Waals surface area contributed by atoms with Crippen LogP contribution in [0.1, 0.15) is 6.92 Å². The minimum atomic E-state index is -2.14. The van der Waals surface area contributed by atoms with Gasteiger partial charge in [-0.2, -0.15) is 0 Å². The maximum Gasteiger partial charge on any atom is 0.606 e. The van der Waals surface area contributed by atoms with Crippen LogP contribution in [-0.2, 0) is 14.0 Å². The first-order valence-corrected chi connectivity index (χ1v) is 5.98. The quantitative estimate of drug-likeness (QED) is 0.601. The third kappa shape index (κ3) is 2.31. The molecule has 0 spiro atoms. The predicted octanol–water partition coefficient (Wildman–Crippen LogP) is 2.69. The first-order chi connectivity index (χ1) is 7.66. The van der Waals surface area contributed by atoms with E-state index in [0.29, 0.717) is 5.75 Å². The second kappa shape index (κ2) is 4.49. The summed E-state index contributed by atoms with van der Waals surface area (Å²) >= 11 is 0. The van der Waals surface area contributed by atoms with Crippen molar-refractivity contribution in [3.8, 4) is 5.75 Å². The largest absolute Gasteiger partial charge is 0.606 e. The highest BCUT2D eigenvalue weighted by molar-refractivity contribution is 7.40. The molecular formula is C10H10O5P+. The zero-order valence-electron chi connectivity index (χ0n) is 8.53. The SMILES string of the molecule is CC1OC(=O)OC1[P+](=O)Oc1ccccc1. The molecule has 0 amide bonds. The van der Waals surface area contributed by atoms with E-state index in [1.165, 1.54) is 0 Å². The van der Waals surface area contributed by atoms with Crippen molar-refractivity contribution in [2.75, 3.05) is 0 Å². The third-order valence-electron chi connectivity index (χ3n) is 2.05. The highest BCUT2D eigenvalue weighted by atomic mass is 31.1. The van der Waals surface area contributed by atoms with Crippen LogP contribution in [-0.4, -0.2) is 18.1 Å². The molecular weight excluding hydrogens is 231 g/mol. The predicted molar refractivity (Wildman–Crippen MR) is 55.5 cm³/mol. The number of carbonyl (C=O) groups excluding carboxylic acids is 1. The summed E-state index contributed by atoms with van der Waals surface area (Å²) in [6.07, 6.45) is -1.36. The van der Waals surface area contributed by atoms with Gasteiger partial charge in [0.2, 0.25) is 0 Å². The summed E-state index contributed by atoms with van der Waals surface area (Å²) in [5.74, 6) is -0.374. The Morgan fingerprint density at radius 1 is 1.25 bits per heavy atom. The maximum absolute atomic E-state index is 11.7. The summed E-state index contributed by atoms with van der Waals surface area (Å²) in [5, 5.41) is 0. The Hall–Kier alpha value is -1.61. The molecule has 0 radical (unpaired) electrons. The molecule has 1 saturated heterocycles. The molecule has 3 unspecified atom stereocenters. The van der Waals surface area contributed by atoms with Gasteiger partial charge in [0.15, 0.2) is 11.9 Å². The lowest BCUT2D eigenvalue weighted by atomic mass is 10.3. The molecule has 1 aliphatic rings. The topological polar surface area (TPSA) is 61.8 Å². The first-order valence-electron chi connectivity index (χ1n) is 4.73. The monoisotopic (exact) mass is 241 g/mol. The molecule has 1 aromatic carbocycles. The molecule has 5 nitrogen and oxygen atoms in total. The van der Waals surface area contributed by atoms with E-state index in [1.54, 1.807) is 31.2 Å². The van der Waals surface area contributed by atoms with Crippen molar-refractivity contribution < 1.29 is 23.4 Å². The molecule has 0 saturated carbocycles. The van der Waals surface area contributed by atoms with Crippen molar-refractivity contribution in [2.45, 2.75) is 18.9 Å². The number of ether oxygens (including phenoxy) is 2. The zero-order valence-corrected chi connectivity index (χ0v) is 9.42. The van der Waals surface area contributed by atoms with Gasteiger partial charge in [-0.05, 0) is 23.6 Å². The standard InChI is InChI=1S/C10H10O5P/c1-7-9(14-10(11)13-7)16(12)15-8-5-3-2-4-6-8/h2-7,9H,1H3/q+1. The van der Waals surface area contributed by atoms with Crippen molar-refractivity contribution in [3.05, 3.63) is 30.3 Å². The number of hydrogen-bond acceptors (Lipinski definition) is 5. The number of hydrogen-bond donors (Lipinski definition) is 0. The molecule has 2 rings (SSSR count). The van der Waals surface area contributed by atoms with Crippen LogP contribution in [0.3, 0.4) is 0 Å². The average molecular weight is 241 g/mol. The second-order valence-electron chi connectivity index (χ2n) is 3.27. The second-order valence-corrected chi connectivity index (χ2v) is 4.53. The number of cyclic esters (lactones) is 2. The van der Waals surface area contributed by atoms with E-state index in [0.717, 1.165) is 0 Å². The third-order valence-corrected chi connectivity index (χ3v) is 3.38. The van der Waals surface area contributed by atoms with Crippen LogP contribution in [0.25, 0.3) is 0 Å². The molecule has 1 heterocycles. The number of carbonyl (C=O) groups is 1. The molecule has 6 heteroatoms. The smallest absolute Gasteiger partial charge is 0.422 e. The lowest BCUT2D eigenvalue weighted by Crippen LogP contribution is -2.16. The Balaban J connectivity index is 2.01. The zero-order chi connectivity index (χ0) is 11.5. The number of para-hydroxylation sites is 1. The van der Waals surface area contributed by atoms with Crippen LogP contribution in [0.15, 0.2) is 30.3 Å². The van der Waals surface area contributed by atoms with E-state index in [9.17, 15) is 9.36 Å². The van der Waals surface area contributed by atoms with Gasteiger partial charge in [0.1, 0.15) is 0 Å². The van der Waals surface area contributed by atoms with Gasteiger partial charge in [-0.25, -0.2) is 4.79 Å². The van der Waals surface area contributed by atoms with Crippen molar-refractivity contribution in [2.24, 2.45) is 0 Å². The summed E-state index contributed by atoms with van der Waals surface area (Å²) < 4.78 is 26.4. The minimum absolute atomic E-state index is 0.471. The highest BCUT2D eigenvalue weighted by Gasteiger charge is 2.50. The average Bonchev–Trinajstić information content (AvgIpc) is 2.59. The van der Waals surface area contributed by atoms with E-state index in [-0.39, 0.29) is 0 Å². The van der Waals surface area contributed by atoms with Crippen LogP contribution in [0, 0.1) is 0 Å². The number of benzene rings is 1. The Morgan fingerprint density at radius 3 is 2.50 bits per heavy atom. The fourth-order valence-electron chi connectivity index (χ4n) is 1.28. The van der Waals surface area contributed by atoms with Crippen LogP contribution in [0.2, 0.25) is 0 Å². The maximum atomic E-state index is 11.7. The summed E-state index contributed by atoms with van der Waals surface area (Å²) in [6.45, 7) is 1.61. The molecule has 0 N–H and O–H groups in total. The van der Waals surface area contributed by atoms with Gasteiger partial charge in [0, 0.05) is 0 Å². The van der Waals surface area contributed by atoms with Crippen molar-refractivity contribution >= 4 is 14.2 Å². The van der Waals surface area contributed by atoms with Gasteiger partial charge in [0.05, 0.1) is 0 Å². The molecule has 1 aliphatic heterocycles. The van der Waals surface area contributed by atoms with Gasteiger partial charge in [-0.3, -0.25) is 4.52 Å². The summed E-state index contributed by atoms with van der Waals surface area (Å²) in [7, 11) is -2.14. The normalized spacial score (nSPS) is 24.6. The molecule has 1 aromatic rings. The van der Waals surface area contributed by atoms with Gasteiger partial charge in [-0.15, -0.1) is 0 Å². The Kier molecular flexibility index (Phi) is 3.06. The number of rotatable bonds is 3. The van der Waals surface area contributed by atoms with Crippen LogP contribution in [0.4, 0.5) is 4.79 Å². The lowest BCUT2D eigenvalue weighted by molar-refractivity contribution is 0.120. The van der Waals surface area contributed by atoms with E-state index >= 15 is 0 Å².